The van der Waals surface area contributed by atoms with Crippen molar-refractivity contribution in [1.29, 1.82) is 5.26 Å². The van der Waals surface area contributed by atoms with Crippen LogP contribution < -0.4 is 5.56 Å². The number of hydrogen-bond donors (Lipinski definition) is 1. The number of nitriles is 1. The van der Waals surface area contributed by atoms with E-state index < -0.39 is 0 Å². The van der Waals surface area contributed by atoms with Crippen molar-refractivity contribution in [3.63, 3.8) is 0 Å². The van der Waals surface area contributed by atoms with Crippen LogP contribution in [0.25, 0.3) is 0 Å². The van der Waals surface area contributed by atoms with Crippen molar-refractivity contribution >= 4 is 0 Å². The predicted molar refractivity (Wildman–Crippen MR) is 81.2 cm³/mol. The Bertz CT molecular complexity index is 620. The molecule has 2 heterocycles. The molecule has 0 bridgehead atoms. The van der Waals surface area contributed by atoms with Crippen LogP contribution >= 0.6 is 0 Å². The normalized spacial score (nSPS) is 15.6. The fraction of sp³-hybridized carbons (Fsp3) is 0.625. The van der Waals surface area contributed by atoms with Crippen molar-refractivity contribution in [2.45, 2.75) is 46.7 Å². The standard InChI is InChI=1S/C16H23N3O2/c1-11(2)9-19-15(20)13(8-17)12(3)14(16(19)21)10-18-6-4-5-7-18/h11,21H,4-7,9-10H2,1-3H3. The first-order valence-corrected chi connectivity index (χ1v) is 7.53. The molecule has 1 aromatic heterocycles. The molecule has 0 spiro atoms. The van der Waals surface area contributed by atoms with Gasteiger partial charge in [0.15, 0.2) is 5.88 Å². The second kappa shape index (κ2) is 6.31. The molecule has 0 unspecified atom stereocenters. The molecule has 1 aliphatic rings. The minimum Gasteiger partial charge on any atom is -0.494 e. The van der Waals surface area contributed by atoms with Crippen LogP contribution in [0.4, 0.5) is 0 Å². The third kappa shape index (κ3) is 3.11. The average molecular weight is 289 g/mol. The van der Waals surface area contributed by atoms with Gasteiger partial charge in [0.05, 0.1) is 0 Å². The van der Waals surface area contributed by atoms with Crippen molar-refractivity contribution in [3.05, 3.63) is 27.0 Å². The maximum atomic E-state index is 12.3. The van der Waals surface area contributed by atoms with E-state index in [1.54, 1.807) is 6.92 Å². The first-order chi connectivity index (χ1) is 9.95. The Kier molecular flexibility index (Phi) is 4.69. The lowest BCUT2D eigenvalue weighted by Gasteiger charge is -2.21. The molecule has 0 saturated carbocycles. The maximum absolute atomic E-state index is 12.3. The van der Waals surface area contributed by atoms with Gasteiger partial charge >= 0.3 is 0 Å². The third-order valence-corrected chi connectivity index (χ3v) is 4.05. The molecule has 1 N–H and O–H groups in total. The molecule has 5 nitrogen and oxygen atoms in total. The Labute approximate surface area is 125 Å². The number of aromatic nitrogens is 1. The zero-order valence-electron chi connectivity index (χ0n) is 13.0. The van der Waals surface area contributed by atoms with Crippen molar-refractivity contribution in [3.8, 4) is 11.9 Å². The van der Waals surface area contributed by atoms with Gasteiger partial charge in [0.25, 0.3) is 5.56 Å². The van der Waals surface area contributed by atoms with Crippen LogP contribution in [0.2, 0.25) is 0 Å². The molecular formula is C16H23N3O2. The predicted octanol–water partition coefficient (Wildman–Crippen LogP) is 1.99. The molecule has 1 fully saturated rings. The molecular weight excluding hydrogens is 266 g/mol. The molecule has 2 rings (SSSR count). The molecule has 0 aromatic carbocycles. The number of likely N-dealkylation sites (tertiary alicyclic amines) is 1. The highest BCUT2D eigenvalue weighted by atomic mass is 16.3. The Morgan fingerprint density at radius 2 is 1.95 bits per heavy atom. The van der Waals surface area contributed by atoms with Gasteiger partial charge in [-0.25, -0.2) is 0 Å². The van der Waals surface area contributed by atoms with Crippen LogP contribution in [0.15, 0.2) is 4.79 Å². The largest absolute Gasteiger partial charge is 0.494 e. The van der Waals surface area contributed by atoms with E-state index in [-0.39, 0.29) is 22.9 Å². The fourth-order valence-corrected chi connectivity index (χ4v) is 2.89. The smallest absolute Gasteiger partial charge is 0.271 e. The molecule has 21 heavy (non-hydrogen) atoms. The molecule has 0 amide bonds. The summed E-state index contributed by atoms with van der Waals surface area (Å²) in [6, 6.07) is 2.01. The molecule has 1 aliphatic heterocycles. The number of nitrogens with zero attached hydrogens (tertiary/aromatic N) is 3. The highest BCUT2D eigenvalue weighted by molar-refractivity contribution is 5.45. The zero-order valence-corrected chi connectivity index (χ0v) is 13.0. The van der Waals surface area contributed by atoms with Crippen molar-refractivity contribution < 1.29 is 5.11 Å². The second-order valence-electron chi connectivity index (χ2n) is 6.21. The van der Waals surface area contributed by atoms with Gasteiger partial charge in [-0.15, -0.1) is 0 Å². The SMILES string of the molecule is Cc1c(CN2CCCC2)c(O)n(CC(C)C)c(=O)c1C#N. The quantitative estimate of drug-likeness (QED) is 0.920. The van der Waals surface area contributed by atoms with E-state index in [1.165, 1.54) is 4.57 Å². The van der Waals surface area contributed by atoms with E-state index in [2.05, 4.69) is 4.90 Å². The van der Waals surface area contributed by atoms with Crippen molar-refractivity contribution in [2.75, 3.05) is 13.1 Å². The highest BCUT2D eigenvalue weighted by Gasteiger charge is 2.22. The van der Waals surface area contributed by atoms with E-state index in [1.807, 2.05) is 19.9 Å². The Morgan fingerprint density at radius 1 is 1.33 bits per heavy atom. The minimum absolute atomic E-state index is 0.0251. The number of pyridine rings is 1. The van der Waals surface area contributed by atoms with Crippen LogP contribution in [0.5, 0.6) is 5.88 Å². The summed E-state index contributed by atoms with van der Waals surface area (Å²) in [6.45, 7) is 8.76. The minimum atomic E-state index is -0.383. The van der Waals surface area contributed by atoms with Crippen LogP contribution in [0.3, 0.4) is 0 Å². The van der Waals surface area contributed by atoms with Crippen LogP contribution in [-0.4, -0.2) is 27.7 Å². The number of aromatic hydroxyl groups is 1. The lowest BCUT2D eigenvalue weighted by Crippen LogP contribution is -2.29. The molecule has 0 atom stereocenters. The molecule has 5 heteroatoms. The number of rotatable bonds is 4. The fourth-order valence-electron chi connectivity index (χ4n) is 2.89. The number of hydrogen-bond acceptors (Lipinski definition) is 4. The Balaban J connectivity index is 2.52. The summed E-state index contributed by atoms with van der Waals surface area (Å²) < 4.78 is 1.35. The zero-order chi connectivity index (χ0) is 15.6. The molecule has 1 saturated heterocycles. The van der Waals surface area contributed by atoms with Gasteiger partial charge in [-0.05, 0) is 44.3 Å². The van der Waals surface area contributed by atoms with Gasteiger partial charge < -0.3 is 5.11 Å². The average Bonchev–Trinajstić information content (AvgIpc) is 2.93. The van der Waals surface area contributed by atoms with E-state index in [0.29, 0.717) is 24.2 Å². The third-order valence-electron chi connectivity index (χ3n) is 4.05. The summed E-state index contributed by atoms with van der Waals surface area (Å²) >= 11 is 0. The first-order valence-electron chi connectivity index (χ1n) is 7.53. The van der Waals surface area contributed by atoms with Gasteiger partial charge in [-0.2, -0.15) is 5.26 Å². The van der Waals surface area contributed by atoms with Crippen molar-refractivity contribution in [1.82, 2.24) is 9.47 Å². The highest BCUT2D eigenvalue weighted by Crippen LogP contribution is 2.25. The van der Waals surface area contributed by atoms with Gasteiger partial charge in [0.1, 0.15) is 11.6 Å². The van der Waals surface area contributed by atoms with Gasteiger partial charge in [0, 0.05) is 18.7 Å². The summed E-state index contributed by atoms with van der Waals surface area (Å²) in [7, 11) is 0. The molecule has 0 radical (unpaired) electrons. The second-order valence-corrected chi connectivity index (χ2v) is 6.21. The summed E-state index contributed by atoms with van der Waals surface area (Å²) in [5.41, 5.74) is 1.11. The first kappa shape index (κ1) is 15.6. The summed E-state index contributed by atoms with van der Waals surface area (Å²) in [5, 5.41) is 19.8. The summed E-state index contributed by atoms with van der Waals surface area (Å²) in [4.78, 5) is 14.6. The van der Waals surface area contributed by atoms with Crippen molar-refractivity contribution in [2.24, 2.45) is 5.92 Å². The van der Waals surface area contributed by atoms with Gasteiger partial charge in [-0.1, -0.05) is 13.8 Å². The molecule has 0 aliphatic carbocycles. The van der Waals surface area contributed by atoms with E-state index in [9.17, 15) is 15.2 Å². The summed E-state index contributed by atoms with van der Waals surface area (Å²) in [5.74, 6) is 0.250. The lowest BCUT2D eigenvalue weighted by molar-refractivity contribution is 0.311. The molecule has 114 valence electrons. The lowest BCUT2D eigenvalue weighted by atomic mass is 10.0. The van der Waals surface area contributed by atoms with Crippen LogP contribution in [0.1, 0.15) is 43.4 Å². The van der Waals surface area contributed by atoms with Gasteiger partial charge in [0.2, 0.25) is 0 Å². The van der Waals surface area contributed by atoms with E-state index in [4.69, 9.17) is 0 Å². The van der Waals surface area contributed by atoms with E-state index >= 15 is 0 Å². The van der Waals surface area contributed by atoms with Gasteiger partial charge in [-0.3, -0.25) is 14.3 Å². The maximum Gasteiger partial charge on any atom is 0.271 e. The topological polar surface area (TPSA) is 69.3 Å². The Hall–Kier alpha value is -1.80. The Morgan fingerprint density at radius 3 is 2.48 bits per heavy atom. The summed E-state index contributed by atoms with van der Waals surface area (Å²) in [6.07, 6.45) is 2.33. The molecule has 1 aromatic rings. The van der Waals surface area contributed by atoms with Crippen LogP contribution in [-0.2, 0) is 13.1 Å². The monoisotopic (exact) mass is 289 g/mol. The van der Waals surface area contributed by atoms with Crippen LogP contribution in [0, 0.1) is 24.2 Å². The van der Waals surface area contributed by atoms with E-state index in [0.717, 1.165) is 25.9 Å².